The summed E-state index contributed by atoms with van der Waals surface area (Å²) in [4.78, 5) is 27.8. The van der Waals surface area contributed by atoms with Crippen LogP contribution in [0.1, 0.15) is 12.8 Å². The number of carbonyl (C=O) groups excluding carboxylic acids is 1. The summed E-state index contributed by atoms with van der Waals surface area (Å²) >= 11 is 0. The lowest BCUT2D eigenvalue weighted by atomic mass is 10.2. The summed E-state index contributed by atoms with van der Waals surface area (Å²) in [5.41, 5.74) is 0.220. The van der Waals surface area contributed by atoms with E-state index in [0.29, 0.717) is 24.4 Å². The lowest BCUT2D eigenvalue weighted by Crippen LogP contribution is -2.29. The van der Waals surface area contributed by atoms with Crippen LogP contribution in [-0.2, 0) is 9.53 Å². The van der Waals surface area contributed by atoms with Gasteiger partial charge in [0.25, 0.3) is 5.91 Å². The Balaban J connectivity index is 1.79. The van der Waals surface area contributed by atoms with E-state index in [0.717, 1.165) is 6.42 Å². The van der Waals surface area contributed by atoms with Gasteiger partial charge >= 0.3 is 5.63 Å². The van der Waals surface area contributed by atoms with Gasteiger partial charge in [0.05, 0.1) is 0 Å². The number of ether oxygens (including phenoxy) is 1. The van der Waals surface area contributed by atoms with Gasteiger partial charge in [-0.1, -0.05) is 0 Å². The molecule has 0 radical (unpaired) electrons. The Morgan fingerprint density at radius 2 is 2.24 bits per heavy atom. The van der Waals surface area contributed by atoms with Gasteiger partial charge in [0.15, 0.2) is 0 Å². The Labute approximate surface area is 120 Å². The van der Waals surface area contributed by atoms with Crippen molar-refractivity contribution >= 4 is 11.6 Å². The van der Waals surface area contributed by atoms with Crippen LogP contribution in [0.4, 0.5) is 5.69 Å². The number of carbonyl (C=O) groups is 1. The highest BCUT2D eigenvalue weighted by molar-refractivity contribution is 5.94. The SMILES string of the molecule is O=C(Nc1ccc(-c2cccnc2)oc1=O)C1CCCO1. The highest BCUT2D eigenvalue weighted by Crippen LogP contribution is 2.18. The molecule has 108 valence electrons. The van der Waals surface area contributed by atoms with Crippen LogP contribution in [0.2, 0.25) is 0 Å². The summed E-state index contributed by atoms with van der Waals surface area (Å²) < 4.78 is 10.5. The van der Waals surface area contributed by atoms with Crippen LogP contribution in [0.15, 0.2) is 45.9 Å². The van der Waals surface area contributed by atoms with Gasteiger partial charge in [0, 0.05) is 24.6 Å². The predicted molar refractivity (Wildman–Crippen MR) is 75.8 cm³/mol. The van der Waals surface area contributed by atoms with Crippen molar-refractivity contribution in [3.05, 3.63) is 47.1 Å². The van der Waals surface area contributed by atoms with Crippen LogP contribution in [0, 0.1) is 0 Å². The molecule has 2 aromatic rings. The van der Waals surface area contributed by atoms with Crippen LogP contribution in [0.25, 0.3) is 11.3 Å². The molecule has 6 nitrogen and oxygen atoms in total. The third-order valence-electron chi connectivity index (χ3n) is 3.25. The number of amides is 1. The van der Waals surface area contributed by atoms with Crippen molar-refractivity contribution in [2.75, 3.05) is 11.9 Å². The Kier molecular flexibility index (Phi) is 3.79. The number of hydrogen-bond donors (Lipinski definition) is 1. The summed E-state index contributed by atoms with van der Waals surface area (Å²) in [7, 11) is 0. The van der Waals surface area contributed by atoms with Crippen LogP contribution in [0.3, 0.4) is 0 Å². The molecule has 0 aliphatic carbocycles. The molecule has 6 heteroatoms. The zero-order chi connectivity index (χ0) is 14.7. The van der Waals surface area contributed by atoms with E-state index in [-0.39, 0.29) is 11.6 Å². The summed E-state index contributed by atoms with van der Waals surface area (Å²) in [5.74, 6) is 0.0946. The third kappa shape index (κ3) is 3.00. The van der Waals surface area contributed by atoms with Crippen molar-refractivity contribution in [1.29, 1.82) is 0 Å². The van der Waals surface area contributed by atoms with Gasteiger partial charge in [-0.2, -0.15) is 0 Å². The number of aromatic nitrogens is 1. The Bertz CT molecular complexity index is 690. The maximum Gasteiger partial charge on any atom is 0.360 e. The molecule has 21 heavy (non-hydrogen) atoms. The largest absolute Gasteiger partial charge is 0.421 e. The topological polar surface area (TPSA) is 81.4 Å². The second-order valence-electron chi connectivity index (χ2n) is 4.73. The highest BCUT2D eigenvalue weighted by Gasteiger charge is 2.24. The second kappa shape index (κ2) is 5.88. The minimum Gasteiger partial charge on any atom is -0.421 e. The summed E-state index contributed by atoms with van der Waals surface area (Å²) in [6.45, 7) is 0.576. The number of nitrogens with zero attached hydrogens (tertiary/aromatic N) is 1. The normalized spacial score (nSPS) is 17.6. The molecular weight excluding hydrogens is 272 g/mol. The molecule has 1 amide bonds. The lowest BCUT2D eigenvalue weighted by Gasteiger charge is -2.09. The average Bonchev–Trinajstić information content (AvgIpc) is 3.04. The summed E-state index contributed by atoms with van der Waals surface area (Å²) in [6, 6.07) is 6.70. The van der Waals surface area contributed by atoms with Gasteiger partial charge < -0.3 is 14.5 Å². The number of rotatable bonds is 3. The monoisotopic (exact) mass is 286 g/mol. The maximum absolute atomic E-state index is 11.9. The van der Waals surface area contributed by atoms with Crippen LogP contribution < -0.4 is 10.9 Å². The number of anilines is 1. The molecule has 3 rings (SSSR count). The predicted octanol–water partition coefficient (Wildman–Crippen LogP) is 1.82. The number of hydrogen-bond acceptors (Lipinski definition) is 5. The van der Waals surface area contributed by atoms with Crippen LogP contribution in [0.5, 0.6) is 0 Å². The smallest absolute Gasteiger partial charge is 0.360 e. The van der Waals surface area contributed by atoms with Crippen molar-refractivity contribution in [1.82, 2.24) is 4.98 Å². The van der Waals surface area contributed by atoms with Gasteiger partial charge in [-0.15, -0.1) is 0 Å². The molecule has 0 spiro atoms. The lowest BCUT2D eigenvalue weighted by molar-refractivity contribution is -0.124. The Hall–Kier alpha value is -2.47. The van der Waals surface area contributed by atoms with Crippen molar-refractivity contribution < 1.29 is 13.9 Å². The summed E-state index contributed by atoms with van der Waals surface area (Å²) in [6.07, 6.45) is 4.28. The molecule has 1 fully saturated rings. The van der Waals surface area contributed by atoms with Gasteiger partial charge in [-0.05, 0) is 37.1 Å². The molecule has 2 aromatic heterocycles. The van der Waals surface area contributed by atoms with E-state index >= 15 is 0 Å². The molecule has 0 bridgehead atoms. The van der Waals surface area contributed by atoms with E-state index < -0.39 is 11.7 Å². The molecule has 0 saturated carbocycles. The Morgan fingerprint density at radius 1 is 1.33 bits per heavy atom. The van der Waals surface area contributed by atoms with Crippen LogP contribution in [-0.4, -0.2) is 23.6 Å². The fourth-order valence-corrected chi connectivity index (χ4v) is 2.17. The van der Waals surface area contributed by atoms with Crippen molar-refractivity contribution in [2.45, 2.75) is 18.9 Å². The molecule has 1 N–H and O–H groups in total. The van der Waals surface area contributed by atoms with Crippen molar-refractivity contribution in [2.24, 2.45) is 0 Å². The van der Waals surface area contributed by atoms with E-state index in [1.54, 1.807) is 30.6 Å². The van der Waals surface area contributed by atoms with Crippen molar-refractivity contribution in [3.63, 3.8) is 0 Å². The van der Waals surface area contributed by atoms with E-state index in [9.17, 15) is 9.59 Å². The van der Waals surface area contributed by atoms with E-state index in [1.165, 1.54) is 6.07 Å². The zero-order valence-electron chi connectivity index (χ0n) is 11.2. The second-order valence-corrected chi connectivity index (χ2v) is 4.73. The molecular formula is C15H14N2O4. The first-order chi connectivity index (χ1) is 10.2. The zero-order valence-corrected chi connectivity index (χ0v) is 11.2. The third-order valence-corrected chi connectivity index (χ3v) is 3.25. The first kappa shape index (κ1) is 13.5. The first-order valence-electron chi connectivity index (χ1n) is 6.71. The molecule has 1 aliphatic rings. The molecule has 1 unspecified atom stereocenters. The Morgan fingerprint density at radius 3 is 2.90 bits per heavy atom. The first-order valence-corrected chi connectivity index (χ1v) is 6.71. The number of nitrogens with one attached hydrogen (secondary N) is 1. The molecule has 1 atom stereocenters. The fraction of sp³-hybridized carbons (Fsp3) is 0.267. The van der Waals surface area contributed by atoms with Gasteiger partial charge in [-0.25, -0.2) is 4.79 Å². The quantitative estimate of drug-likeness (QED) is 0.930. The summed E-state index contributed by atoms with van der Waals surface area (Å²) in [5, 5.41) is 2.55. The molecule has 1 aliphatic heterocycles. The van der Waals surface area contributed by atoms with Crippen molar-refractivity contribution in [3.8, 4) is 11.3 Å². The van der Waals surface area contributed by atoms with E-state index in [1.807, 2.05) is 0 Å². The van der Waals surface area contributed by atoms with E-state index in [2.05, 4.69) is 10.3 Å². The van der Waals surface area contributed by atoms with Crippen LogP contribution >= 0.6 is 0 Å². The molecule has 1 saturated heterocycles. The standard InChI is InChI=1S/C15H14N2O4/c18-14(13-4-2-8-20-13)17-11-5-6-12(21-15(11)19)10-3-1-7-16-9-10/h1,3,5-7,9,13H,2,4,8H2,(H,17,18). The highest BCUT2D eigenvalue weighted by atomic mass is 16.5. The molecule has 3 heterocycles. The molecule has 0 aromatic carbocycles. The van der Waals surface area contributed by atoms with Gasteiger partial charge in [-0.3, -0.25) is 9.78 Å². The minimum atomic E-state index is -0.595. The van der Waals surface area contributed by atoms with E-state index in [4.69, 9.17) is 9.15 Å². The minimum absolute atomic E-state index is 0.114. The number of pyridine rings is 1. The van der Waals surface area contributed by atoms with Gasteiger partial charge in [0.2, 0.25) is 0 Å². The van der Waals surface area contributed by atoms with Gasteiger partial charge in [0.1, 0.15) is 17.6 Å². The maximum atomic E-state index is 11.9. The fourth-order valence-electron chi connectivity index (χ4n) is 2.17. The average molecular weight is 286 g/mol.